The molecule has 21 heavy (non-hydrogen) atoms. The maximum absolute atomic E-state index is 13.0. The highest BCUT2D eigenvalue weighted by Gasteiger charge is 2.35. The molecule has 0 aliphatic heterocycles. The number of aromatic nitrogens is 1. The molecule has 0 aliphatic rings. The third kappa shape index (κ3) is 4.03. The van der Waals surface area contributed by atoms with E-state index in [1.807, 2.05) is 24.3 Å². The van der Waals surface area contributed by atoms with Gasteiger partial charge in [-0.15, -0.1) is 0 Å². The number of nitrogens with two attached hydrogens (primary N) is 1. The van der Waals surface area contributed by atoms with Crippen LogP contribution in [0.1, 0.15) is 22.7 Å². The summed E-state index contributed by atoms with van der Waals surface area (Å²) in [6.07, 6.45) is -1.79. The monoisotopic (exact) mass is 359 g/mol. The van der Waals surface area contributed by atoms with Gasteiger partial charge in [-0.1, -0.05) is 28.1 Å². The van der Waals surface area contributed by atoms with Crippen LogP contribution in [0.4, 0.5) is 13.2 Å². The molecule has 1 atom stereocenters. The minimum atomic E-state index is -4.44. The average Bonchev–Trinajstić information content (AvgIpc) is 2.44. The largest absolute Gasteiger partial charge is 0.416 e. The second kappa shape index (κ2) is 6.55. The van der Waals surface area contributed by atoms with Crippen molar-refractivity contribution in [2.75, 3.05) is 0 Å². The minimum Gasteiger partial charge on any atom is -0.271 e. The van der Waals surface area contributed by atoms with Crippen LogP contribution in [0.2, 0.25) is 0 Å². The summed E-state index contributed by atoms with van der Waals surface area (Å²) in [6, 6.07) is 7.62. The molecular weight excluding hydrogens is 347 g/mol. The van der Waals surface area contributed by atoms with Crippen LogP contribution >= 0.6 is 15.9 Å². The summed E-state index contributed by atoms with van der Waals surface area (Å²) in [7, 11) is 0. The SMILES string of the molecule is NNC(Cc1cccc(Br)c1)c1cnccc1C(F)(F)F. The molecule has 1 aromatic heterocycles. The first-order valence-electron chi connectivity index (χ1n) is 6.13. The van der Waals surface area contributed by atoms with E-state index in [0.717, 1.165) is 22.3 Å². The number of nitrogens with one attached hydrogen (secondary N) is 1. The van der Waals surface area contributed by atoms with Gasteiger partial charge in [-0.25, -0.2) is 0 Å². The summed E-state index contributed by atoms with van der Waals surface area (Å²) < 4.78 is 40.0. The van der Waals surface area contributed by atoms with Crippen molar-refractivity contribution in [3.05, 3.63) is 63.9 Å². The highest BCUT2D eigenvalue weighted by Crippen LogP contribution is 2.34. The van der Waals surface area contributed by atoms with Gasteiger partial charge >= 0.3 is 6.18 Å². The molecule has 0 fully saturated rings. The van der Waals surface area contributed by atoms with E-state index < -0.39 is 17.8 Å². The summed E-state index contributed by atoms with van der Waals surface area (Å²) in [5, 5.41) is 0. The maximum Gasteiger partial charge on any atom is 0.416 e. The van der Waals surface area contributed by atoms with Gasteiger partial charge in [-0.05, 0) is 30.2 Å². The predicted octanol–water partition coefficient (Wildman–Crippen LogP) is 3.61. The van der Waals surface area contributed by atoms with Crippen molar-refractivity contribution in [2.45, 2.75) is 18.6 Å². The number of halogens is 4. The third-order valence-electron chi connectivity index (χ3n) is 3.06. The molecule has 7 heteroatoms. The number of hydrogen-bond acceptors (Lipinski definition) is 3. The standard InChI is InChI=1S/C14H13BrF3N3/c15-10-3-1-2-9(6-10)7-13(21-19)11-8-20-5-4-12(11)14(16,17)18/h1-6,8,13,21H,7,19H2. The fraction of sp³-hybridized carbons (Fsp3) is 0.214. The van der Waals surface area contributed by atoms with Gasteiger partial charge in [0.05, 0.1) is 11.6 Å². The lowest BCUT2D eigenvalue weighted by atomic mass is 9.97. The van der Waals surface area contributed by atoms with Crippen molar-refractivity contribution in [1.29, 1.82) is 0 Å². The number of hydrogen-bond donors (Lipinski definition) is 2. The second-order valence-electron chi connectivity index (χ2n) is 4.51. The topological polar surface area (TPSA) is 50.9 Å². The number of benzene rings is 1. The molecule has 2 aromatic rings. The first-order valence-corrected chi connectivity index (χ1v) is 6.93. The van der Waals surface area contributed by atoms with Crippen molar-refractivity contribution in [3.63, 3.8) is 0 Å². The Morgan fingerprint density at radius 2 is 2.05 bits per heavy atom. The van der Waals surface area contributed by atoms with E-state index >= 15 is 0 Å². The second-order valence-corrected chi connectivity index (χ2v) is 5.43. The summed E-state index contributed by atoms with van der Waals surface area (Å²) >= 11 is 3.33. The zero-order valence-corrected chi connectivity index (χ0v) is 12.4. The molecule has 112 valence electrons. The Labute approximate surface area is 128 Å². The smallest absolute Gasteiger partial charge is 0.271 e. The molecule has 0 radical (unpaired) electrons. The summed E-state index contributed by atoms with van der Waals surface area (Å²) in [5.74, 6) is 5.45. The highest BCUT2D eigenvalue weighted by molar-refractivity contribution is 9.10. The van der Waals surface area contributed by atoms with Gasteiger partial charge in [-0.2, -0.15) is 13.2 Å². The lowest BCUT2D eigenvalue weighted by Gasteiger charge is -2.20. The third-order valence-corrected chi connectivity index (χ3v) is 3.56. The molecule has 0 saturated heterocycles. The van der Waals surface area contributed by atoms with Gasteiger partial charge in [-0.3, -0.25) is 16.3 Å². The van der Waals surface area contributed by atoms with Gasteiger partial charge in [0.15, 0.2) is 0 Å². The van der Waals surface area contributed by atoms with Crippen molar-refractivity contribution in [2.24, 2.45) is 5.84 Å². The van der Waals surface area contributed by atoms with E-state index in [2.05, 4.69) is 26.3 Å². The van der Waals surface area contributed by atoms with Gasteiger partial charge in [0.1, 0.15) is 0 Å². The minimum absolute atomic E-state index is 0.0347. The summed E-state index contributed by atoms with van der Waals surface area (Å²) in [4.78, 5) is 3.78. The van der Waals surface area contributed by atoms with E-state index in [-0.39, 0.29) is 5.56 Å². The van der Waals surface area contributed by atoms with Gasteiger partial charge < -0.3 is 0 Å². The highest BCUT2D eigenvalue weighted by atomic mass is 79.9. The fourth-order valence-electron chi connectivity index (χ4n) is 2.10. The van der Waals surface area contributed by atoms with Crippen LogP contribution in [0.25, 0.3) is 0 Å². The van der Waals surface area contributed by atoms with Crippen LogP contribution < -0.4 is 11.3 Å². The summed E-state index contributed by atoms with van der Waals surface area (Å²) in [5.41, 5.74) is 2.62. The van der Waals surface area contributed by atoms with Gasteiger partial charge in [0.25, 0.3) is 0 Å². The van der Waals surface area contributed by atoms with Crippen molar-refractivity contribution < 1.29 is 13.2 Å². The van der Waals surface area contributed by atoms with Crippen LogP contribution in [0, 0.1) is 0 Å². The molecule has 0 amide bonds. The molecule has 1 heterocycles. The van der Waals surface area contributed by atoms with Gasteiger partial charge in [0, 0.05) is 22.4 Å². The molecule has 3 nitrogen and oxygen atoms in total. The molecular formula is C14H13BrF3N3. The fourth-order valence-corrected chi connectivity index (χ4v) is 2.55. The number of nitrogens with zero attached hydrogens (tertiary/aromatic N) is 1. The molecule has 2 rings (SSSR count). The Balaban J connectivity index is 2.34. The normalized spacial score (nSPS) is 13.2. The van der Waals surface area contributed by atoms with Crippen LogP contribution in [0.3, 0.4) is 0 Å². The van der Waals surface area contributed by atoms with Crippen LogP contribution in [0.5, 0.6) is 0 Å². The van der Waals surface area contributed by atoms with E-state index in [1.165, 1.54) is 6.20 Å². The molecule has 3 N–H and O–H groups in total. The van der Waals surface area contributed by atoms with Crippen LogP contribution in [-0.2, 0) is 12.6 Å². The number of rotatable bonds is 4. The zero-order chi connectivity index (χ0) is 15.5. The van der Waals surface area contributed by atoms with Crippen molar-refractivity contribution >= 4 is 15.9 Å². The van der Waals surface area contributed by atoms with Crippen LogP contribution in [0.15, 0.2) is 47.2 Å². The van der Waals surface area contributed by atoms with E-state index in [0.29, 0.717) is 6.42 Å². The molecule has 0 saturated carbocycles. The molecule has 1 unspecified atom stereocenters. The number of hydrazine groups is 1. The lowest BCUT2D eigenvalue weighted by molar-refractivity contribution is -0.138. The predicted molar refractivity (Wildman–Crippen MR) is 77.1 cm³/mol. The van der Waals surface area contributed by atoms with E-state index in [1.54, 1.807) is 0 Å². The Hall–Kier alpha value is -1.44. The zero-order valence-electron chi connectivity index (χ0n) is 10.9. The Morgan fingerprint density at radius 3 is 2.67 bits per heavy atom. The van der Waals surface area contributed by atoms with Crippen LogP contribution in [-0.4, -0.2) is 4.98 Å². The van der Waals surface area contributed by atoms with Crippen molar-refractivity contribution in [1.82, 2.24) is 10.4 Å². The van der Waals surface area contributed by atoms with Crippen molar-refractivity contribution in [3.8, 4) is 0 Å². The first-order chi connectivity index (χ1) is 9.91. The number of pyridine rings is 1. The molecule has 0 spiro atoms. The Morgan fingerprint density at radius 1 is 1.29 bits per heavy atom. The maximum atomic E-state index is 13.0. The summed E-state index contributed by atoms with van der Waals surface area (Å²) in [6.45, 7) is 0. The Kier molecular flexibility index (Phi) is 4.97. The van der Waals surface area contributed by atoms with E-state index in [9.17, 15) is 13.2 Å². The molecule has 0 bridgehead atoms. The average molecular weight is 360 g/mol. The quantitative estimate of drug-likeness (QED) is 0.647. The Bertz CT molecular complexity index is 616. The first kappa shape index (κ1) is 15.9. The molecule has 0 aliphatic carbocycles. The number of alkyl halides is 3. The van der Waals surface area contributed by atoms with Gasteiger partial charge in [0.2, 0.25) is 0 Å². The van der Waals surface area contributed by atoms with E-state index in [4.69, 9.17) is 5.84 Å². The molecule has 1 aromatic carbocycles. The lowest BCUT2D eigenvalue weighted by Crippen LogP contribution is -2.31.